The smallest absolute Gasteiger partial charge is 0.348 e. The van der Waals surface area contributed by atoms with Gasteiger partial charge in [-0.2, -0.15) is 0 Å². The minimum absolute atomic E-state index is 0.582. The van der Waals surface area contributed by atoms with Gasteiger partial charge < -0.3 is 4.74 Å². The minimum atomic E-state index is -2.54. The molecule has 0 aromatic carbocycles. The molecule has 0 saturated carbocycles. The van der Waals surface area contributed by atoms with E-state index in [4.69, 9.17) is 9.63 Å². The zero-order chi connectivity index (χ0) is 9.40. The Hall–Kier alpha value is -0.0200. The molecule has 4 nitrogen and oxygen atoms in total. The highest BCUT2D eigenvalue weighted by molar-refractivity contribution is 7.32. The number of hydrogen-bond donors (Lipinski definition) is 1. The Morgan fingerprint density at radius 2 is 2.17 bits per heavy atom. The van der Waals surface area contributed by atoms with Gasteiger partial charge in [0, 0.05) is 11.2 Å². The minimum Gasteiger partial charge on any atom is -0.348 e. The number of hydrogen-bond acceptors (Lipinski definition) is 3. The lowest BCUT2D eigenvalue weighted by Gasteiger charge is -2.04. The zero-order valence-corrected chi connectivity index (χ0v) is 8.42. The average Bonchev–Trinajstić information content (AvgIpc) is 1.97. The molecule has 0 amide bonds. The van der Waals surface area contributed by atoms with Crippen LogP contribution in [0.4, 0.5) is 0 Å². The first-order valence-electron chi connectivity index (χ1n) is 4.11. The summed E-state index contributed by atoms with van der Waals surface area (Å²) < 4.78 is 19.7. The fourth-order valence-electron chi connectivity index (χ4n) is 0.759. The second-order valence-corrected chi connectivity index (χ2v) is 3.18. The van der Waals surface area contributed by atoms with Crippen molar-refractivity contribution in [2.75, 3.05) is 6.61 Å². The van der Waals surface area contributed by atoms with E-state index in [1.165, 1.54) is 0 Å². The first-order valence-corrected chi connectivity index (χ1v) is 5.24. The van der Waals surface area contributed by atoms with Gasteiger partial charge in [-0.15, -0.1) is 4.89 Å². The van der Waals surface area contributed by atoms with Gasteiger partial charge in [0.1, 0.15) is 0 Å². The number of unbranched alkanes of at least 4 members (excludes halogenated alkanes) is 2. The van der Waals surface area contributed by atoms with Crippen LogP contribution in [0.25, 0.3) is 0 Å². The fourth-order valence-corrected chi connectivity index (χ4v) is 1.07. The van der Waals surface area contributed by atoms with Crippen molar-refractivity contribution in [3.8, 4) is 0 Å². The van der Waals surface area contributed by atoms with Gasteiger partial charge in [-0.3, -0.25) is 0 Å². The Kier molecular flexibility index (Phi) is 7.61. The SMILES string of the molecule is CCCCCOC(C)O[P+](=O)O. The van der Waals surface area contributed by atoms with Crippen LogP contribution in [0.15, 0.2) is 0 Å². The van der Waals surface area contributed by atoms with Gasteiger partial charge in [0.15, 0.2) is 0 Å². The van der Waals surface area contributed by atoms with Gasteiger partial charge in [0.2, 0.25) is 6.29 Å². The molecule has 72 valence electrons. The molecular weight excluding hydrogens is 179 g/mol. The molecule has 0 aliphatic rings. The van der Waals surface area contributed by atoms with Crippen LogP contribution < -0.4 is 0 Å². The van der Waals surface area contributed by atoms with E-state index in [9.17, 15) is 4.57 Å². The van der Waals surface area contributed by atoms with E-state index < -0.39 is 14.5 Å². The van der Waals surface area contributed by atoms with Gasteiger partial charge in [0.25, 0.3) is 0 Å². The summed E-state index contributed by atoms with van der Waals surface area (Å²) in [5.74, 6) is 0. The molecule has 0 aliphatic carbocycles. The largest absolute Gasteiger partial charge is 0.697 e. The molecule has 0 aliphatic heterocycles. The van der Waals surface area contributed by atoms with Crippen molar-refractivity contribution in [2.45, 2.75) is 39.4 Å². The monoisotopic (exact) mass is 195 g/mol. The zero-order valence-electron chi connectivity index (χ0n) is 7.52. The van der Waals surface area contributed by atoms with Crippen LogP contribution in [-0.4, -0.2) is 17.8 Å². The molecule has 0 aromatic rings. The lowest BCUT2D eigenvalue weighted by Crippen LogP contribution is -2.09. The molecular formula is C7H16O4P+. The van der Waals surface area contributed by atoms with Gasteiger partial charge >= 0.3 is 8.25 Å². The quantitative estimate of drug-likeness (QED) is 0.384. The van der Waals surface area contributed by atoms with E-state index in [0.717, 1.165) is 19.3 Å². The topological polar surface area (TPSA) is 55.8 Å². The normalized spacial score (nSPS) is 14.4. The van der Waals surface area contributed by atoms with Crippen LogP contribution in [-0.2, 0) is 13.8 Å². The van der Waals surface area contributed by atoms with E-state index in [2.05, 4.69) is 11.4 Å². The van der Waals surface area contributed by atoms with Gasteiger partial charge in [-0.25, -0.2) is 0 Å². The average molecular weight is 195 g/mol. The van der Waals surface area contributed by atoms with E-state index in [1.54, 1.807) is 6.92 Å². The van der Waals surface area contributed by atoms with E-state index in [-0.39, 0.29) is 0 Å². The van der Waals surface area contributed by atoms with Gasteiger partial charge in [-0.1, -0.05) is 24.3 Å². The highest BCUT2D eigenvalue weighted by atomic mass is 31.1. The fraction of sp³-hybridized carbons (Fsp3) is 1.00. The standard InChI is InChI=1S/C7H15O4P/c1-3-4-5-6-10-7(2)11-12(8)9/h7H,3-6H2,1-2H3/p+1. The van der Waals surface area contributed by atoms with Crippen molar-refractivity contribution in [2.24, 2.45) is 0 Å². The van der Waals surface area contributed by atoms with Crippen LogP contribution in [0.5, 0.6) is 0 Å². The van der Waals surface area contributed by atoms with E-state index in [1.807, 2.05) is 0 Å². The molecule has 0 heterocycles. The Morgan fingerprint density at radius 1 is 1.50 bits per heavy atom. The highest BCUT2D eigenvalue weighted by Crippen LogP contribution is 2.18. The third kappa shape index (κ3) is 8.08. The summed E-state index contributed by atoms with van der Waals surface area (Å²) in [6.45, 7) is 4.29. The molecule has 0 aromatic heterocycles. The summed E-state index contributed by atoms with van der Waals surface area (Å²) in [5, 5.41) is 0. The Labute approximate surface area is 73.8 Å². The third-order valence-electron chi connectivity index (χ3n) is 1.34. The summed E-state index contributed by atoms with van der Waals surface area (Å²) in [6, 6.07) is 0. The molecule has 0 fully saturated rings. The van der Waals surface area contributed by atoms with Crippen molar-refractivity contribution in [1.29, 1.82) is 0 Å². The molecule has 12 heavy (non-hydrogen) atoms. The molecule has 0 radical (unpaired) electrons. The summed E-state index contributed by atoms with van der Waals surface area (Å²) in [5.41, 5.74) is 0. The molecule has 1 N–H and O–H groups in total. The summed E-state index contributed by atoms with van der Waals surface area (Å²) in [7, 11) is -2.54. The van der Waals surface area contributed by atoms with Crippen LogP contribution in [0, 0.1) is 0 Å². The molecule has 0 saturated heterocycles. The predicted octanol–water partition coefficient (Wildman–Crippen LogP) is 2.21. The molecule has 0 rings (SSSR count). The summed E-state index contributed by atoms with van der Waals surface area (Å²) in [4.78, 5) is 8.33. The highest BCUT2D eigenvalue weighted by Gasteiger charge is 2.18. The Morgan fingerprint density at radius 3 is 2.67 bits per heavy atom. The summed E-state index contributed by atoms with van der Waals surface area (Å²) in [6.07, 6.45) is 2.62. The van der Waals surface area contributed by atoms with E-state index >= 15 is 0 Å². The van der Waals surface area contributed by atoms with Crippen LogP contribution >= 0.6 is 8.25 Å². The van der Waals surface area contributed by atoms with Crippen molar-refractivity contribution < 1.29 is 18.7 Å². The number of rotatable bonds is 7. The van der Waals surface area contributed by atoms with Crippen LogP contribution in [0.1, 0.15) is 33.1 Å². The van der Waals surface area contributed by atoms with E-state index in [0.29, 0.717) is 6.61 Å². The first-order chi connectivity index (χ1) is 5.66. The van der Waals surface area contributed by atoms with Crippen LogP contribution in [0.2, 0.25) is 0 Å². The van der Waals surface area contributed by atoms with Crippen LogP contribution in [0.3, 0.4) is 0 Å². The molecule has 2 unspecified atom stereocenters. The molecule has 5 heteroatoms. The Balaban J connectivity index is 3.19. The van der Waals surface area contributed by atoms with Crippen molar-refractivity contribution in [3.05, 3.63) is 0 Å². The molecule has 2 atom stereocenters. The second kappa shape index (κ2) is 7.62. The molecule has 0 bridgehead atoms. The second-order valence-electron chi connectivity index (χ2n) is 2.49. The number of ether oxygens (including phenoxy) is 1. The summed E-state index contributed by atoms with van der Waals surface area (Å²) >= 11 is 0. The third-order valence-corrected chi connectivity index (χ3v) is 1.82. The van der Waals surface area contributed by atoms with Gasteiger partial charge in [0.05, 0.1) is 0 Å². The molecule has 0 spiro atoms. The van der Waals surface area contributed by atoms with Crippen molar-refractivity contribution in [1.82, 2.24) is 0 Å². The Bertz CT molecular complexity index is 129. The maximum atomic E-state index is 10.1. The first kappa shape index (κ1) is 12.0. The maximum absolute atomic E-state index is 10.1. The van der Waals surface area contributed by atoms with Crippen molar-refractivity contribution in [3.63, 3.8) is 0 Å². The van der Waals surface area contributed by atoms with Crippen molar-refractivity contribution >= 4 is 8.25 Å². The predicted molar refractivity (Wildman–Crippen MR) is 45.8 cm³/mol. The lowest BCUT2D eigenvalue weighted by atomic mass is 10.3. The van der Waals surface area contributed by atoms with Gasteiger partial charge in [-0.05, 0) is 13.3 Å². The lowest BCUT2D eigenvalue weighted by molar-refractivity contribution is -0.0683. The maximum Gasteiger partial charge on any atom is 0.697 e.